The van der Waals surface area contributed by atoms with Crippen molar-refractivity contribution in [2.45, 2.75) is 199 Å². The molecule has 12 nitrogen and oxygen atoms in total. The lowest BCUT2D eigenvalue weighted by Gasteiger charge is -2.40. The molecular formula is C67H96O12. The van der Waals surface area contributed by atoms with E-state index in [0.29, 0.717) is 19.3 Å². The van der Waals surface area contributed by atoms with Crippen LogP contribution in [-0.4, -0.2) is 89.2 Å². The number of ether oxygens (including phenoxy) is 5. The van der Waals surface area contributed by atoms with Crippen LogP contribution < -0.4 is 0 Å². The zero-order valence-corrected chi connectivity index (χ0v) is 47.8. The van der Waals surface area contributed by atoms with Crippen molar-refractivity contribution in [3.63, 3.8) is 0 Å². The van der Waals surface area contributed by atoms with Crippen molar-refractivity contribution in [3.8, 4) is 0 Å². The Morgan fingerprint density at radius 1 is 0.430 bits per heavy atom. The summed E-state index contributed by atoms with van der Waals surface area (Å²) in [6.07, 6.45) is 67.8. The third kappa shape index (κ3) is 42.4. The van der Waals surface area contributed by atoms with Crippen LogP contribution in [-0.2, 0) is 42.9 Å². The molecule has 1 heterocycles. The van der Waals surface area contributed by atoms with Gasteiger partial charge in [-0.3, -0.25) is 14.4 Å². The molecule has 0 saturated carbocycles. The number of carbonyl (C=O) groups excluding carboxylic acids is 3. The fraction of sp³-hybridized carbons (Fsp3) is 0.493. The summed E-state index contributed by atoms with van der Waals surface area (Å²) in [5.74, 6) is -3.54. The Bertz CT molecular complexity index is 2070. The SMILES string of the molecule is CC/C=C\C/C=C\C/C=C\C/C=C\C/C=C\CCCCCC(=O)OCC(COC1OC(C(=O)O)C(O)C(O)C1OC(=O)C/C=C\C/C=C\C/C=C\C/C=C\C/C=C\CC)OC(=O)C/C=C\C/C=C\C/C=C\C/C=C\C/C=C\CC. The van der Waals surface area contributed by atoms with E-state index in [4.69, 9.17) is 23.7 Å². The standard InChI is InChI=1S/C67H96O12/c1-4-7-10-13-16-19-22-25-28-29-30-31-34-35-38-41-44-47-50-53-59(68)75-56-58(77-60(69)54-51-48-45-42-39-36-32-26-23-20-17-14-11-8-5-2)57-76-67-65(63(72)62(71)64(79-67)66(73)74)78-61(70)55-52-49-46-43-40-37-33-27-24-21-18-15-12-9-6-3/h7-12,16-21,25-28,30-33,35,38-40,42-43,48-49,51-52,58,62-65,67,71-72H,4-6,13-15,22-24,29,34,36-37,41,44-47,50,53-57H2,1-3H3,(H,73,74)/b10-7-,11-8-,12-9-,19-16-,20-17-,21-18-,28-25-,31-30-,32-26-,33-27-,38-35-,42-39-,43-40-,51-48-,52-49-. The van der Waals surface area contributed by atoms with E-state index in [-0.39, 0.29) is 19.3 Å². The first kappa shape index (κ1) is 70.8. The molecule has 1 aliphatic heterocycles. The van der Waals surface area contributed by atoms with Crippen LogP contribution >= 0.6 is 0 Å². The van der Waals surface area contributed by atoms with Crippen molar-refractivity contribution in [3.05, 3.63) is 182 Å². The van der Waals surface area contributed by atoms with Gasteiger partial charge < -0.3 is 39.0 Å². The number of carboxylic acid groups (broad SMARTS) is 1. The van der Waals surface area contributed by atoms with Crippen molar-refractivity contribution in [1.82, 2.24) is 0 Å². The van der Waals surface area contributed by atoms with Gasteiger partial charge in [-0.2, -0.15) is 0 Å². The molecule has 0 aromatic rings. The highest BCUT2D eigenvalue weighted by molar-refractivity contribution is 5.74. The van der Waals surface area contributed by atoms with E-state index in [0.717, 1.165) is 103 Å². The van der Waals surface area contributed by atoms with Crippen LogP contribution in [0.4, 0.5) is 0 Å². The maximum Gasteiger partial charge on any atom is 0.335 e. The van der Waals surface area contributed by atoms with E-state index in [1.807, 2.05) is 30.4 Å². The summed E-state index contributed by atoms with van der Waals surface area (Å²) in [5, 5.41) is 31.4. The third-order valence-electron chi connectivity index (χ3n) is 11.5. The minimum absolute atomic E-state index is 0.0994. The molecule has 436 valence electrons. The molecule has 0 spiro atoms. The van der Waals surface area contributed by atoms with Crippen molar-refractivity contribution >= 4 is 23.9 Å². The van der Waals surface area contributed by atoms with Crippen molar-refractivity contribution in [2.24, 2.45) is 0 Å². The van der Waals surface area contributed by atoms with Crippen LogP contribution in [0.15, 0.2) is 182 Å². The minimum atomic E-state index is -1.96. The van der Waals surface area contributed by atoms with Gasteiger partial charge >= 0.3 is 23.9 Å². The number of esters is 3. The van der Waals surface area contributed by atoms with Gasteiger partial charge in [0.25, 0.3) is 0 Å². The monoisotopic (exact) mass is 1090 g/mol. The number of aliphatic hydroxyl groups excluding tert-OH is 2. The number of carboxylic acids is 1. The Morgan fingerprint density at radius 3 is 1.19 bits per heavy atom. The molecule has 0 amide bonds. The van der Waals surface area contributed by atoms with Crippen LogP contribution in [0.1, 0.15) is 162 Å². The van der Waals surface area contributed by atoms with Crippen LogP contribution in [0, 0.1) is 0 Å². The highest BCUT2D eigenvalue weighted by atomic mass is 16.7. The number of rotatable bonds is 45. The second-order valence-corrected chi connectivity index (χ2v) is 18.5. The lowest BCUT2D eigenvalue weighted by atomic mass is 9.98. The zero-order chi connectivity index (χ0) is 57.5. The lowest BCUT2D eigenvalue weighted by molar-refractivity contribution is -0.301. The second-order valence-electron chi connectivity index (χ2n) is 18.5. The molecular weight excluding hydrogens is 997 g/mol. The van der Waals surface area contributed by atoms with Gasteiger partial charge in [-0.1, -0.05) is 209 Å². The molecule has 0 radical (unpaired) electrons. The summed E-state index contributed by atoms with van der Waals surface area (Å²) in [7, 11) is 0. The Labute approximate surface area is 474 Å². The Kier molecular flexibility index (Phi) is 47.1. The Balaban J connectivity index is 2.84. The zero-order valence-electron chi connectivity index (χ0n) is 47.8. The predicted octanol–water partition coefficient (Wildman–Crippen LogP) is 14.9. The number of aliphatic carboxylic acids is 1. The topological polar surface area (TPSA) is 175 Å². The third-order valence-corrected chi connectivity index (χ3v) is 11.5. The molecule has 0 aromatic carbocycles. The highest BCUT2D eigenvalue weighted by Gasteiger charge is 2.50. The minimum Gasteiger partial charge on any atom is -0.479 e. The molecule has 1 rings (SSSR count). The normalized spacial score (nSPS) is 19.2. The molecule has 6 unspecified atom stereocenters. The summed E-state index contributed by atoms with van der Waals surface area (Å²) < 4.78 is 28.1. The van der Waals surface area contributed by atoms with Gasteiger partial charge in [0, 0.05) is 6.42 Å². The average molecular weight is 1090 g/mol. The van der Waals surface area contributed by atoms with E-state index in [1.165, 1.54) is 0 Å². The molecule has 0 aliphatic carbocycles. The van der Waals surface area contributed by atoms with Crippen LogP contribution in [0.2, 0.25) is 0 Å². The van der Waals surface area contributed by atoms with Gasteiger partial charge in [-0.25, -0.2) is 4.79 Å². The number of unbranched alkanes of at least 4 members (excludes halogenated alkanes) is 3. The summed E-state index contributed by atoms with van der Waals surface area (Å²) in [5.41, 5.74) is 0. The maximum absolute atomic E-state index is 13.1. The smallest absolute Gasteiger partial charge is 0.335 e. The van der Waals surface area contributed by atoms with Gasteiger partial charge in [0.1, 0.15) is 18.8 Å². The summed E-state index contributed by atoms with van der Waals surface area (Å²) in [6.45, 7) is 5.46. The number of allylic oxidation sites excluding steroid dienone is 28. The fourth-order valence-electron chi connectivity index (χ4n) is 7.25. The second kappa shape index (κ2) is 52.5. The van der Waals surface area contributed by atoms with Crippen LogP contribution in [0.5, 0.6) is 0 Å². The summed E-state index contributed by atoms with van der Waals surface area (Å²) in [6, 6.07) is 0. The average Bonchev–Trinajstić information content (AvgIpc) is 3.46. The number of carbonyl (C=O) groups is 4. The van der Waals surface area contributed by atoms with E-state index in [9.17, 15) is 34.5 Å². The van der Waals surface area contributed by atoms with Gasteiger partial charge in [0.2, 0.25) is 0 Å². The maximum atomic E-state index is 13.1. The molecule has 1 saturated heterocycles. The summed E-state index contributed by atoms with van der Waals surface area (Å²) >= 11 is 0. The highest BCUT2D eigenvalue weighted by Crippen LogP contribution is 2.26. The predicted molar refractivity (Wildman–Crippen MR) is 321 cm³/mol. The van der Waals surface area contributed by atoms with E-state index in [2.05, 4.69) is 154 Å². The van der Waals surface area contributed by atoms with E-state index < -0.39 is 73.9 Å². The van der Waals surface area contributed by atoms with Crippen LogP contribution in [0.25, 0.3) is 0 Å². The quantitative estimate of drug-likeness (QED) is 0.0228. The molecule has 0 aromatic heterocycles. The van der Waals surface area contributed by atoms with Crippen molar-refractivity contribution in [2.75, 3.05) is 13.2 Å². The Morgan fingerprint density at radius 2 is 0.797 bits per heavy atom. The molecule has 6 atom stereocenters. The van der Waals surface area contributed by atoms with Gasteiger partial charge in [-0.15, -0.1) is 0 Å². The molecule has 3 N–H and O–H groups in total. The number of hydrogen-bond acceptors (Lipinski definition) is 11. The number of aliphatic hydroxyl groups is 2. The largest absolute Gasteiger partial charge is 0.479 e. The Hall–Kier alpha value is -6.18. The van der Waals surface area contributed by atoms with Gasteiger partial charge in [0.15, 0.2) is 24.6 Å². The van der Waals surface area contributed by atoms with Crippen molar-refractivity contribution < 1.29 is 58.2 Å². The lowest BCUT2D eigenvalue weighted by Crippen LogP contribution is -2.61. The molecule has 1 aliphatic rings. The van der Waals surface area contributed by atoms with Crippen molar-refractivity contribution in [1.29, 1.82) is 0 Å². The molecule has 0 bridgehead atoms. The van der Waals surface area contributed by atoms with E-state index in [1.54, 1.807) is 18.2 Å². The first-order valence-corrected chi connectivity index (χ1v) is 28.8. The van der Waals surface area contributed by atoms with Gasteiger partial charge in [-0.05, 0) is 116 Å². The fourth-order valence-corrected chi connectivity index (χ4v) is 7.25. The first-order chi connectivity index (χ1) is 38.6. The molecule has 1 fully saturated rings. The summed E-state index contributed by atoms with van der Waals surface area (Å²) in [4.78, 5) is 51.0. The molecule has 79 heavy (non-hydrogen) atoms. The first-order valence-electron chi connectivity index (χ1n) is 28.8. The van der Waals surface area contributed by atoms with Crippen LogP contribution in [0.3, 0.4) is 0 Å². The number of hydrogen-bond donors (Lipinski definition) is 3. The van der Waals surface area contributed by atoms with E-state index >= 15 is 0 Å². The molecule has 12 heteroatoms. The van der Waals surface area contributed by atoms with Gasteiger partial charge in [0.05, 0.1) is 19.4 Å².